The van der Waals surface area contributed by atoms with Crippen LogP contribution >= 0.6 is 0 Å². The van der Waals surface area contributed by atoms with Crippen LogP contribution in [-0.4, -0.2) is 36.7 Å². The molecule has 104 valence electrons. The second-order valence-corrected chi connectivity index (χ2v) is 6.13. The molecule has 0 bridgehead atoms. The van der Waals surface area contributed by atoms with Crippen molar-refractivity contribution < 1.29 is 13.2 Å². The van der Waals surface area contributed by atoms with E-state index in [4.69, 9.17) is 6.42 Å². The highest BCUT2D eigenvalue weighted by atomic mass is 32.2. The van der Waals surface area contributed by atoms with Gasteiger partial charge in [-0.05, 0) is 12.1 Å². The molecule has 0 aliphatic carbocycles. The summed E-state index contributed by atoms with van der Waals surface area (Å²) in [6, 6.07) is 6.92. The Morgan fingerprint density at radius 3 is 2.80 bits per heavy atom. The average molecular weight is 291 g/mol. The van der Waals surface area contributed by atoms with Crippen molar-refractivity contribution in [3.05, 3.63) is 24.3 Å². The van der Waals surface area contributed by atoms with Crippen molar-refractivity contribution in [2.24, 2.45) is 0 Å². The van der Waals surface area contributed by atoms with Crippen LogP contribution < -0.4 is 5.32 Å². The highest BCUT2D eigenvalue weighted by molar-refractivity contribution is 7.90. The van der Waals surface area contributed by atoms with Crippen LogP contribution in [0.25, 0.3) is 11.0 Å². The van der Waals surface area contributed by atoms with E-state index in [-0.39, 0.29) is 24.2 Å². The fraction of sp³-hybridized carbons (Fsp3) is 0.231. The Hall–Kier alpha value is -2.33. The molecule has 0 aliphatic rings. The lowest BCUT2D eigenvalue weighted by atomic mass is 10.3. The van der Waals surface area contributed by atoms with Crippen molar-refractivity contribution >= 4 is 26.8 Å². The zero-order chi connectivity index (χ0) is 14.8. The minimum Gasteiger partial charge on any atom is -0.344 e. The number of benzene rings is 1. The monoisotopic (exact) mass is 291 g/mol. The molecule has 1 aromatic carbocycles. The highest BCUT2D eigenvalue weighted by Crippen LogP contribution is 2.19. The van der Waals surface area contributed by atoms with Crippen molar-refractivity contribution in [2.45, 2.75) is 11.7 Å². The van der Waals surface area contributed by atoms with Crippen LogP contribution in [0.15, 0.2) is 29.4 Å². The lowest BCUT2D eigenvalue weighted by Gasteiger charge is -2.07. The second kappa shape index (κ2) is 5.35. The van der Waals surface area contributed by atoms with Crippen LogP contribution in [0.2, 0.25) is 0 Å². The minimum atomic E-state index is -3.53. The number of rotatable bonds is 4. The van der Waals surface area contributed by atoms with E-state index in [9.17, 15) is 13.2 Å². The van der Waals surface area contributed by atoms with Gasteiger partial charge in [0.15, 0.2) is 0 Å². The number of amides is 1. The van der Waals surface area contributed by atoms with Crippen LogP contribution in [0, 0.1) is 12.3 Å². The zero-order valence-electron chi connectivity index (χ0n) is 10.8. The van der Waals surface area contributed by atoms with Crippen molar-refractivity contribution in [1.29, 1.82) is 0 Å². The summed E-state index contributed by atoms with van der Waals surface area (Å²) in [6.45, 7) is -0.0513. The molecule has 0 spiro atoms. The molecule has 1 amide bonds. The lowest BCUT2D eigenvalue weighted by Crippen LogP contribution is -2.28. The van der Waals surface area contributed by atoms with Gasteiger partial charge in [0.25, 0.3) is 0 Å². The molecule has 6 nitrogen and oxygen atoms in total. The van der Waals surface area contributed by atoms with E-state index in [1.165, 1.54) is 4.57 Å². The zero-order valence-corrected chi connectivity index (χ0v) is 11.6. The first kappa shape index (κ1) is 14.1. The molecule has 0 atom stereocenters. The quantitative estimate of drug-likeness (QED) is 0.815. The van der Waals surface area contributed by atoms with Crippen molar-refractivity contribution in [1.82, 2.24) is 14.9 Å². The maximum atomic E-state index is 11.8. The van der Waals surface area contributed by atoms with Gasteiger partial charge in [0, 0.05) is 6.26 Å². The number of fused-ring (bicyclic) bond motifs is 1. The summed E-state index contributed by atoms with van der Waals surface area (Å²) in [6.07, 6.45) is 6.12. The number of nitrogens with one attached hydrogen (secondary N) is 1. The number of hydrogen-bond donors (Lipinski definition) is 1. The van der Waals surface area contributed by atoms with Crippen LogP contribution in [0.4, 0.5) is 0 Å². The molecule has 1 N–H and O–H groups in total. The number of aromatic nitrogens is 2. The van der Waals surface area contributed by atoms with E-state index < -0.39 is 9.84 Å². The molecule has 0 saturated heterocycles. The number of para-hydroxylation sites is 2. The topological polar surface area (TPSA) is 81.1 Å². The Kier molecular flexibility index (Phi) is 3.77. The Balaban J connectivity index is 2.50. The van der Waals surface area contributed by atoms with E-state index in [0.717, 1.165) is 6.26 Å². The largest absolute Gasteiger partial charge is 0.344 e. The predicted molar refractivity (Wildman–Crippen MR) is 74.7 cm³/mol. The second-order valence-electron chi connectivity index (χ2n) is 4.22. The SMILES string of the molecule is C#CCNC(=O)Cn1c(S(C)(=O)=O)nc2ccccc21. The molecule has 0 radical (unpaired) electrons. The number of hydrogen-bond acceptors (Lipinski definition) is 4. The van der Waals surface area contributed by atoms with Crippen LogP contribution in [-0.2, 0) is 21.2 Å². The van der Waals surface area contributed by atoms with E-state index >= 15 is 0 Å². The molecule has 0 saturated carbocycles. The van der Waals surface area contributed by atoms with E-state index in [1.807, 2.05) is 0 Å². The Morgan fingerprint density at radius 2 is 2.15 bits per heavy atom. The van der Waals surface area contributed by atoms with E-state index in [0.29, 0.717) is 11.0 Å². The summed E-state index contributed by atoms with van der Waals surface area (Å²) < 4.78 is 24.9. The fourth-order valence-electron chi connectivity index (χ4n) is 1.84. The van der Waals surface area contributed by atoms with Gasteiger partial charge in [-0.15, -0.1) is 6.42 Å². The first-order chi connectivity index (χ1) is 9.43. The first-order valence-electron chi connectivity index (χ1n) is 5.79. The Labute approximate surface area is 116 Å². The number of nitrogens with zero attached hydrogens (tertiary/aromatic N) is 2. The van der Waals surface area contributed by atoms with Gasteiger partial charge >= 0.3 is 0 Å². The van der Waals surface area contributed by atoms with Gasteiger partial charge in [-0.25, -0.2) is 13.4 Å². The van der Waals surface area contributed by atoms with Crippen molar-refractivity contribution in [3.63, 3.8) is 0 Å². The Morgan fingerprint density at radius 1 is 1.45 bits per heavy atom. The summed E-state index contributed by atoms with van der Waals surface area (Å²) in [4.78, 5) is 15.8. The minimum absolute atomic E-state index is 0.0969. The molecular weight excluding hydrogens is 278 g/mol. The van der Waals surface area contributed by atoms with Crippen LogP contribution in [0.3, 0.4) is 0 Å². The van der Waals surface area contributed by atoms with E-state index in [2.05, 4.69) is 16.2 Å². The van der Waals surface area contributed by atoms with Gasteiger partial charge in [-0.3, -0.25) is 4.79 Å². The smallest absolute Gasteiger partial charge is 0.240 e. The number of carbonyl (C=O) groups is 1. The molecule has 2 rings (SSSR count). The van der Waals surface area contributed by atoms with Crippen molar-refractivity contribution in [2.75, 3.05) is 12.8 Å². The summed E-state index contributed by atoms with van der Waals surface area (Å²) >= 11 is 0. The van der Waals surface area contributed by atoms with Gasteiger partial charge in [0.05, 0.1) is 17.6 Å². The summed E-state index contributed by atoms with van der Waals surface area (Å²) in [7, 11) is -3.53. The summed E-state index contributed by atoms with van der Waals surface area (Å²) in [5, 5.41) is 2.37. The molecular formula is C13H13N3O3S. The summed E-state index contributed by atoms with van der Waals surface area (Å²) in [5.41, 5.74) is 1.11. The molecule has 20 heavy (non-hydrogen) atoms. The fourth-order valence-corrected chi connectivity index (χ4v) is 2.67. The lowest BCUT2D eigenvalue weighted by molar-refractivity contribution is -0.121. The van der Waals surface area contributed by atoms with Gasteiger partial charge in [-0.1, -0.05) is 18.1 Å². The maximum Gasteiger partial charge on any atom is 0.240 e. The third-order valence-electron chi connectivity index (χ3n) is 2.64. The van der Waals surface area contributed by atoms with Crippen molar-refractivity contribution in [3.8, 4) is 12.3 Å². The standard InChI is InChI=1S/C13H13N3O3S/c1-3-8-14-12(17)9-16-11-7-5-4-6-10(11)15-13(16)20(2,18)19/h1,4-7H,8-9H2,2H3,(H,14,17). The normalized spacial score (nSPS) is 11.2. The molecule has 2 aromatic rings. The molecule has 1 heterocycles. The number of carbonyl (C=O) groups excluding carboxylic acids is 1. The molecule has 0 aliphatic heterocycles. The van der Waals surface area contributed by atoms with Gasteiger partial charge < -0.3 is 9.88 Å². The van der Waals surface area contributed by atoms with E-state index in [1.54, 1.807) is 24.3 Å². The number of terminal acetylenes is 1. The van der Waals surface area contributed by atoms with Crippen LogP contribution in [0.5, 0.6) is 0 Å². The molecule has 7 heteroatoms. The van der Waals surface area contributed by atoms with Gasteiger partial charge in [-0.2, -0.15) is 0 Å². The molecule has 0 unspecified atom stereocenters. The summed E-state index contributed by atoms with van der Waals surface area (Å²) in [5.74, 6) is 1.92. The van der Waals surface area contributed by atoms with Crippen LogP contribution in [0.1, 0.15) is 0 Å². The predicted octanol–water partition coefficient (Wildman–Crippen LogP) is 0.189. The first-order valence-corrected chi connectivity index (χ1v) is 7.68. The average Bonchev–Trinajstić information content (AvgIpc) is 2.75. The third kappa shape index (κ3) is 2.81. The Bertz CT molecular complexity index is 800. The van der Waals surface area contributed by atoms with Gasteiger partial charge in [0.1, 0.15) is 6.54 Å². The highest BCUT2D eigenvalue weighted by Gasteiger charge is 2.20. The molecule has 0 fully saturated rings. The number of sulfone groups is 1. The number of imidazole rings is 1. The third-order valence-corrected chi connectivity index (χ3v) is 3.62. The molecule has 1 aromatic heterocycles. The maximum absolute atomic E-state index is 11.8. The van der Waals surface area contributed by atoms with Gasteiger partial charge in [0.2, 0.25) is 20.9 Å².